The maximum Gasteiger partial charge on any atom is 0.267 e. The molecule has 0 radical (unpaired) electrons. The second-order valence-electron chi connectivity index (χ2n) is 18.1. The fourth-order valence-corrected chi connectivity index (χ4v) is 11.0. The molecule has 8 heteroatoms. The predicted molar refractivity (Wildman–Crippen MR) is 256 cm³/mol. The molecule has 0 aromatic heterocycles. The number of fused-ring (bicyclic) bond motifs is 3. The molecule has 66 heavy (non-hydrogen) atoms. The summed E-state index contributed by atoms with van der Waals surface area (Å²) in [5.74, 6) is 11.7. The molecule has 2 aliphatic carbocycles. The molecule has 10 rings (SSSR count). The Morgan fingerprint density at radius 1 is 0.500 bits per heavy atom. The Kier molecular flexibility index (Phi) is 10.5. The van der Waals surface area contributed by atoms with Crippen LogP contribution >= 0.6 is 0 Å². The molecule has 6 aromatic rings. The highest BCUT2D eigenvalue weighted by Gasteiger charge is 2.43. The highest BCUT2D eigenvalue weighted by Crippen LogP contribution is 2.43. The van der Waals surface area contributed by atoms with Gasteiger partial charge in [0.2, 0.25) is 5.69 Å². The maximum atomic E-state index is 14.4. The van der Waals surface area contributed by atoms with Gasteiger partial charge in [0.05, 0.1) is 51.8 Å². The molecule has 4 aliphatic rings. The highest BCUT2D eigenvalue weighted by atomic mass is 16.2. The fourth-order valence-electron chi connectivity index (χ4n) is 11.0. The molecule has 6 aromatic carbocycles. The van der Waals surface area contributed by atoms with Gasteiger partial charge in [0.15, 0.2) is 0 Å². The quantitative estimate of drug-likeness (QED) is 0.0998. The number of rotatable bonds is 4. The lowest BCUT2D eigenvalue weighted by Gasteiger charge is -2.22. The standard InChI is InChI=1S/C58H44N4O4/c1-33-28-44(37-12-6-7-13-37)29-34(2)53(33)61-55(63)49-41(24-25-43(32-59)51(49)57(61)65)22-20-39-18-19-40(47-17-11-10-16-46(39)47)21-23-42-26-27-48(60-5)52-50(42)56(64)62(58(52)66)54-35(3)30-45(31-36(54)4)38-14-8-9-15-38/h10-11,16-19,24-31,37-38H,6-9,12-15H2,1-4H3. The van der Waals surface area contributed by atoms with Crippen molar-refractivity contribution in [3.63, 3.8) is 0 Å². The summed E-state index contributed by atoms with van der Waals surface area (Å²) in [4.78, 5) is 63.2. The zero-order chi connectivity index (χ0) is 46.0. The smallest absolute Gasteiger partial charge is 0.267 e. The van der Waals surface area contributed by atoms with E-state index in [1.165, 1.54) is 46.6 Å². The normalized spacial score (nSPS) is 15.7. The number of amides is 4. The van der Waals surface area contributed by atoms with E-state index < -0.39 is 23.6 Å². The summed E-state index contributed by atoms with van der Waals surface area (Å²) in [7, 11) is 0. The third-order valence-corrected chi connectivity index (χ3v) is 14.0. The van der Waals surface area contributed by atoms with Crippen molar-refractivity contribution in [3.05, 3.63) is 180 Å². The summed E-state index contributed by atoms with van der Waals surface area (Å²) in [6.07, 6.45) is 9.32. The summed E-state index contributed by atoms with van der Waals surface area (Å²) in [6, 6.07) is 28.2. The van der Waals surface area contributed by atoms with E-state index in [1.54, 1.807) is 24.3 Å². The lowest BCUT2D eigenvalue weighted by atomic mass is 9.93. The number of nitriles is 1. The van der Waals surface area contributed by atoms with E-state index in [0.29, 0.717) is 45.5 Å². The van der Waals surface area contributed by atoms with Gasteiger partial charge in [-0.3, -0.25) is 19.2 Å². The van der Waals surface area contributed by atoms with Gasteiger partial charge >= 0.3 is 0 Å². The Morgan fingerprint density at radius 3 is 1.27 bits per heavy atom. The summed E-state index contributed by atoms with van der Waals surface area (Å²) < 4.78 is 0. The second kappa shape index (κ2) is 16.5. The molecular formula is C58H44N4O4. The minimum absolute atomic E-state index is 0.0603. The molecule has 2 heterocycles. The minimum Gasteiger partial charge on any atom is -0.270 e. The van der Waals surface area contributed by atoms with Crippen molar-refractivity contribution in [2.24, 2.45) is 0 Å². The van der Waals surface area contributed by atoms with Crippen LogP contribution in [0.15, 0.2) is 84.9 Å². The van der Waals surface area contributed by atoms with Gasteiger partial charge in [0.1, 0.15) is 0 Å². The van der Waals surface area contributed by atoms with E-state index in [4.69, 9.17) is 6.57 Å². The van der Waals surface area contributed by atoms with Crippen molar-refractivity contribution in [2.75, 3.05) is 9.80 Å². The van der Waals surface area contributed by atoms with Crippen LogP contribution in [0.1, 0.15) is 166 Å². The number of nitrogens with zero attached hydrogens (tertiary/aromatic N) is 4. The highest BCUT2D eigenvalue weighted by molar-refractivity contribution is 6.37. The van der Waals surface area contributed by atoms with Gasteiger partial charge in [-0.2, -0.15) is 5.26 Å². The Bertz CT molecular complexity index is 3130. The lowest BCUT2D eigenvalue weighted by molar-refractivity contribution is 0.0910. The molecule has 2 saturated carbocycles. The van der Waals surface area contributed by atoms with Crippen molar-refractivity contribution >= 4 is 51.5 Å². The Balaban J connectivity index is 0.989. The van der Waals surface area contributed by atoms with Crippen molar-refractivity contribution in [2.45, 2.75) is 90.9 Å². The Labute approximate surface area is 384 Å². The van der Waals surface area contributed by atoms with E-state index in [2.05, 4.69) is 58.9 Å². The molecule has 0 spiro atoms. The molecule has 2 aliphatic heterocycles. The number of aryl methyl sites for hydroxylation is 4. The number of hydrogen-bond donors (Lipinski definition) is 0. The van der Waals surface area contributed by atoms with Crippen LogP contribution in [0, 0.1) is 69.3 Å². The van der Waals surface area contributed by atoms with Crippen molar-refractivity contribution < 1.29 is 19.2 Å². The topological polar surface area (TPSA) is 103 Å². The first-order chi connectivity index (χ1) is 32.0. The Morgan fingerprint density at radius 2 is 0.848 bits per heavy atom. The van der Waals surface area contributed by atoms with Gasteiger partial charge < -0.3 is 0 Å². The van der Waals surface area contributed by atoms with Crippen LogP contribution < -0.4 is 9.80 Å². The number of hydrogen-bond acceptors (Lipinski definition) is 5. The van der Waals surface area contributed by atoms with Crippen LogP contribution in [0.3, 0.4) is 0 Å². The zero-order valence-electron chi connectivity index (χ0n) is 37.3. The molecule has 4 amide bonds. The fraction of sp³-hybridized carbons (Fsp3) is 0.241. The average molecular weight is 861 g/mol. The van der Waals surface area contributed by atoms with E-state index in [0.717, 1.165) is 58.7 Å². The molecule has 0 N–H and O–H groups in total. The summed E-state index contributed by atoms with van der Waals surface area (Å²) >= 11 is 0. The maximum absolute atomic E-state index is 14.4. The van der Waals surface area contributed by atoms with Crippen LogP contribution in [-0.2, 0) is 0 Å². The van der Waals surface area contributed by atoms with Crippen LogP contribution in [0.4, 0.5) is 17.1 Å². The zero-order valence-corrected chi connectivity index (χ0v) is 37.3. The molecule has 0 unspecified atom stereocenters. The van der Waals surface area contributed by atoms with E-state index in [-0.39, 0.29) is 33.5 Å². The van der Waals surface area contributed by atoms with Gasteiger partial charge in [-0.25, -0.2) is 14.6 Å². The van der Waals surface area contributed by atoms with Crippen LogP contribution in [0.25, 0.3) is 15.6 Å². The minimum atomic E-state index is -0.532. The monoisotopic (exact) mass is 860 g/mol. The van der Waals surface area contributed by atoms with Crippen LogP contribution in [0.5, 0.6) is 0 Å². The summed E-state index contributed by atoms with van der Waals surface area (Å²) in [5.41, 5.74) is 9.51. The molecule has 8 nitrogen and oxygen atoms in total. The lowest BCUT2D eigenvalue weighted by Crippen LogP contribution is -2.31. The average Bonchev–Trinajstić information content (AvgIpc) is 4.15. The number of anilines is 2. The van der Waals surface area contributed by atoms with E-state index in [9.17, 15) is 24.4 Å². The number of benzene rings is 6. The van der Waals surface area contributed by atoms with Gasteiger partial charge in [-0.05, 0) is 134 Å². The molecule has 0 bridgehead atoms. The first-order valence-corrected chi connectivity index (χ1v) is 22.7. The molecule has 0 atom stereocenters. The predicted octanol–water partition coefficient (Wildman–Crippen LogP) is 12.2. The second-order valence-corrected chi connectivity index (χ2v) is 18.1. The van der Waals surface area contributed by atoms with Gasteiger partial charge in [-0.1, -0.05) is 110 Å². The molecule has 320 valence electrons. The van der Waals surface area contributed by atoms with Crippen molar-refractivity contribution in [1.29, 1.82) is 5.26 Å². The first kappa shape index (κ1) is 41.9. The van der Waals surface area contributed by atoms with Crippen molar-refractivity contribution in [3.8, 4) is 29.8 Å². The van der Waals surface area contributed by atoms with Gasteiger partial charge in [0, 0.05) is 22.3 Å². The van der Waals surface area contributed by atoms with Crippen LogP contribution in [-0.4, -0.2) is 23.6 Å². The van der Waals surface area contributed by atoms with E-state index in [1.807, 2.05) is 64.1 Å². The summed E-state index contributed by atoms with van der Waals surface area (Å²) in [5, 5.41) is 11.7. The number of carbonyl (C=O) groups is 4. The van der Waals surface area contributed by atoms with Gasteiger partial charge in [-0.15, -0.1) is 0 Å². The van der Waals surface area contributed by atoms with E-state index >= 15 is 0 Å². The number of imide groups is 2. The Hall–Kier alpha value is -8.04. The molecule has 0 saturated heterocycles. The number of carbonyl (C=O) groups excluding carboxylic acids is 4. The van der Waals surface area contributed by atoms with Crippen LogP contribution in [0.2, 0.25) is 0 Å². The van der Waals surface area contributed by atoms with Crippen molar-refractivity contribution in [1.82, 2.24) is 0 Å². The molecule has 2 fully saturated rings. The third kappa shape index (κ3) is 6.77. The SMILES string of the molecule is [C-]#[N+]c1ccc(C#Cc2ccc(C#Cc3ccc(C#N)c4c3C(=O)N(c3c(C)cc(C5CCCC5)cc3C)C4=O)c3ccccc23)c2c1C(=O)N(c1c(C)cc(C3CCCC3)cc1C)C2=O. The third-order valence-electron chi connectivity index (χ3n) is 14.0. The summed E-state index contributed by atoms with van der Waals surface area (Å²) in [6.45, 7) is 15.6. The van der Waals surface area contributed by atoms with Gasteiger partial charge in [0.25, 0.3) is 23.6 Å². The molecular weight excluding hydrogens is 817 g/mol. The largest absolute Gasteiger partial charge is 0.270 e. The first-order valence-electron chi connectivity index (χ1n) is 22.7.